The summed E-state index contributed by atoms with van der Waals surface area (Å²) in [5.41, 5.74) is 0.607. The fourth-order valence-corrected chi connectivity index (χ4v) is 3.33. The first-order chi connectivity index (χ1) is 10.1. The fourth-order valence-electron chi connectivity index (χ4n) is 2.68. The van der Waals surface area contributed by atoms with Gasteiger partial charge in [0, 0.05) is 17.5 Å². The number of piperidine rings is 1. The van der Waals surface area contributed by atoms with Gasteiger partial charge in [-0.3, -0.25) is 4.79 Å². The van der Waals surface area contributed by atoms with Crippen LogP contribution in [0.2, 0.25) is 0 Å². The number of thioether (sulfide) groups is 1. The zero-order valence-corrected chi connectivity index (χ0v) is 12.4. The monoisotopic (exact) mass is 312 g/mol. The third kappa shape index (κ3) is 3.55. The Bertz CT molecular complexity index is 522. The van der Waals surface area contributed by atoms with E-state index in [1.54, 1.807) is 29.2 Å². The normalized spacial score (nSPS) is 22.9. The van der Waals surface area contributed by atoms with E-state index in [1.807, 2.05) is 0 Å². The highest BCUT2D eigenvalue weighted by molar-refractivity contribution is 7.99. The lowest BCUT2D eigenvalue weighted by Crippen LogP contribution is -2.51. The largest absolute Gasteiger partial charge is 0.310 e. The number of carbonyl (C=O) groups excluding carboxylic acids is 1. The average Bonchev–Trinajstić information content (AvgIpc) is 3.26. The maximum atomic E-state index is 12.7. The third-order valence-electron chi connectivity index (χ3n) is 3.82. The van der Waals surface area contributed by atoms with E-state index in [0.29, 0.717) is 34.9 Å². The fraction of sp³-hybridized carbons (Fsp3) is 0.533. The second-order valence-corrected chi connectivity index (χ2v) is 6.50. The van der Waals surface area contributed by atoms with E-state index in [2.05, 4.69) is 5.32 Å². The van der Waals surface area contributed by atoms with Crippen LogP contribution in [0, 0.1) is 0 Å². The van der Waals surface area contributed by atoms with Crippen molar-refractivity contribution < 1.29 is 13.6 Å². The molecule has 1 saturated heterocycles. The Morgan fingerprint density at radius 2 is 2.00 bits per heavy atom. The van der Waals surface area contributed by atoms with Crippen molar-refractivity contribution in [2.45, 2.75) is 48.4 Å². The Labute approximate surface area is 127 Å². The van der Waals surface area contributed by atoms with Gasteiger partial charge in [0.05, 0.1) is 11.7 Å². The van der Waals surface area contributed by atoms with Crippen molar-refractivity contribution in [3.63, 3.8) is 0 Å². The number of para-hydroxylation sites is 1. The average molecular weight is 312 g/mol. The predicted molar refractivity (Wildman–Crippen MR) is 79.8 cm³/mol. The summed E-state index contributed by atoms with van der Waals surface area (Å²) in [4.78, 5) is 14.7. The molecule has 3 nitrogen and oxygen atoms in total. The molecule has 114 valence electrons. The van der Waals surface area contributed by atoms with Crippen LogP contribution in [0.5, 0.6) is 0 Å². The van der Waals surface area contributed by atoms with Gasteiger partial charge in [-0.05, 0) is 37.8 Å². The van der Waals surface area contributed by atoms with Gasteiger partial charge in [0.15, 0.2) is 0 Å². The zero-order valence-electron chi connectivity index (χ0n) is 11.6. The molecule has 21 heavy (non-hydrogen) atoms. The first-order valence-electron chi connectivity index (χ1n) is 7.26. The summed E-state index contributed by atoms with van der Waals surface area (Å²) in [7, 11) is 0. The van der Waals surface area contributed by atoms with Gasteiger partial charge in [0.1, 0.15) is 0 Å². The van der Waals surface area contributed by atoms with E-state index < -0.39 is 5.76 Å². The molecule has 1 aromatic rings. The first kappa shape index (κ1) is 14.8. The summed E-state index contributed by atoms with van der Waals surface area (Å²) in [5.74, 6) is -2.47. The van der Waals surface area contributed by atoms with Gasteiger partial charge in [0.2, 0.25) is 5.91 Å². The molecule has 1 heterocycles. The Balaban J connectivity index is 1.79. The number of hydrogen-bond acceptors (Lipinski definition) is 3. The Morgan fingerprint density at radius 3 is 2.71 bits per heavy atom. The summed E-state index contributed by atoms with van der Waals surface area (Å²) < 4.78 is 25.3. The minimum atomic E-state index is -2.48. The summed E-state index contributed by atoms with van der Waals surface area (Å²) in [6.45, 7) is 0.600. The number of alkyl halides is 2. The molecule has 3 rings (SSSR count). The van der Waals surface area contributed by atoms with E-state index in [9.17, 15) is 13.6 Å². The van der Waals surface area contributed by atoms with E-state index >= 15 is 0 Å². The smallest absolute Gasteiger partial charge is 0.288 e. The van der Waals surface area contributed by atoms with Crippen LogP contribution in [-0.4, -0.2) is 30.3 Å². The molecule has 1 aromatic carbocycles. The van der Waals surface area contributed by atoms with Crippen molar-refractivity contribution in [1.29, 1.82) is 0 Å². The van der Waals surface area contributed by atoms with Crippen LogP contribution in [0.3, 0.4) is 0 Å². The molecule has 1 unspecified atom stereocenters. The van der Waals surface area contributed by atoms with E-state index in [1.165, 1.54) is 0 Å². The van der Waals surface area contributed by atoms with Crippen LogP contribution in [0.25, 0.3) is 0 Å². The van der Waals surface area contributed by atoms with Crippen LogP contribution in [0.1, 0.15) is 25.7 Å². The molecule has 0 spiro atoms. The molecule has 0 aromatic heterocycles. The van der Waals surface area contributed by atoms with Gasteiger partial charge in [-0.15, -0.1) is 0 Å². The molecular weight excluding hydrogens is 294 g/mol. The van der Waals surface area contributed by atoms with Crippen LogP contribution in [0.4, 0.5) is 14.5 Å². The van der Waals surface area contributed by atoms with Crippen LogP contribution in [-0.2, 0) is 4.79 Å². The Kier molecular flexibility index (Phi) is 4.45. The molecule has 0 radical (unpaired) electrons. The van der Waals surface area contributed by atoms with Gasteiger partial charge in [0.25, 0.3) is 5.76 Å². The number of anilines is 1. The molecule has 1 aliphatic carbocycles. The predicted octanol–water partition coefficient (Wildman–Crippen LogP) is 3.25. The molecule has 1 saturated carbocycles. The molecule has 1 atom stereocenters. The highest BCUT2D eigenvalue weighted by Crippen LogP contribution is 2.35. The first-order valence-corrected chi connectivity index (χ1v) is 8.14. The molecule has 1 aliphatic heterocycles. The molecule has 1 N–H and O–H groups in total. The molecule has 2 fully saturated rings. The topological polar surface area (TPSA) is 32.3 Å². The number of nitrogens with zero attached hydrogens (tertiary/aromatic N) is 1. The summed E-state index contributed by atoms with van der Waals surface area (Å²) in [6, 6.07) is 7.21. The molecule has 1 amide bonds. The number of amides is 1. The van der Waals surface area contributed by atoms with Gasteiger partial charge in [-0.2, -0.15) is 8.78 Å². The SMILES string of the molecule is O=C1C(NC2CC2)CCCN1c1ccccc1SC(F)F. The highest BCUT2D eigenvalue weighted by Gasteiger charge is 2.34. The van der Waals surface area contributed by atoms with E-state index in [4.69, 9.17) is 0 Å². The van der Waals surface area contributed by atoms with Crippen LogP contribution < -0.4 is 10.2 Å². The van der Waals surface area contributed by atoms with Gasteiger partial charge < -0.3 is 10.2 Å². The maximum Gasteiger partial charge on any atom is 0.288 e. The standard InChI is InChI=1S/C15H18F2N2OS/c16-15(17)21-13-6-2-1-5-12(13)19-9-3-4-11(14(19)20)18-10-7-8-10/h1-2,5-6,10-11,15,18H,3-4,7-9H2. The van der Waals surface area contributed by atoms with Crippen molar-refractivity contribution in [3.8, 4) is 0 Å². The quantitative estimate of drug-likeness (QED) is 0.847. The van der Waals surface area contributed by atoms with Crippen LogP contribution in [0.15, 0.2) is 29.2 Å². The van der Waals surface area contributed by atoms with E-state index in [0.717, 1.165) is 25.7 Å². The Morgan fingerprint density at radius 1 is 1.24 bits per heavy atom. The lowest BCUT2D eigenvalue weighted by atomic mass is 10.0. The van der Waals surface area contributed by atoms with Crippen molar-refractivity contribution in [2.24, 2.45) is 0 Å². The number of benzene rings is 1. The summed E-state index contributed by atoms with van der Waals surface area (Å²) in [5, 5.41) is 3.36. The second kappa shape index (κ2) is 6.32. The zero-order chi connectivity index (χ0) is 14.8. The van der Waals surface area contributed by atoms with Gasteiger partial charge in [-0.25, -0.2) is 0 Å². The summed E-state index contributed by atoms with van der Waals surface area (Å²) in [6.07, 6.45) is 3.98. The third-order valence-corrected chi connectivity index (χ3v) is 4.60. The maximum absolute atomic E-state index is 12.7. The number of nitrogens with one attached hydrogen (secondary N) is 1. The van der Waals surface area contributed by atoms with Crippen molar-refractivity contribution >= 4 is 23.4 Å². The molecular formula is C15H18F2N2OS. The highest BCUT2D eigenvalue weighted by atomic mass is 32.2. The van der Waals surface area contributed by atoms with Crippen molar-refractivity contribution in [3.05, 3.63) is 24.3 Å². The molecule has 6 heteroatoms. The minimum absolute atomic E-state index is 0.00969. The molecule has 0 bridgehead atoms. The van der Waals surface area contributed by atoms with Crippen molar-refractivity contribution in [1.82, 2.24) is 5.32 Å². The number of carbonyl (C=O) groups is 1. The van der Waals surface area contributed by atoms with Crippen LogP contribution >= 0.6 is 11.8 Å². The van der Waals surface area contributed by atoms with Gasteiger partial charge in [-0.1, -0.05) is 23.9 Å². The van der Waals surface area contributed by atoms with E-state index in [-0.39, 0.29) is 11.9 Å². The number of halogens is 2. The van der Waals surface area contributed by atoms with Crippen molar-refractivity contribution in [2.75, 3.05) is 11.4 Å². The second-order valence-electron chi connectivity index (χ2n) is 5.47. The molecule has 2 aliphatic rings. The lowest BCUT2D eigenvalue weighted by Gasteiger charge is -2.33. The Hall–Kier alpha value is -1.14. The summed E-state index contributed by atoms with van der Waals surface area (Å²) >= 11 is 0.501. The van der Waals surface area contributed by atoms with Gasteiger partial charge >= 0.3 is 0 Å². The lowest BCUT2D eigenvalue weighted by molar-refractivity contribution is -0.121. The number of rotatable bonds is 5. The number of hydrogen-bond donors (Lipinski definition) is 1. The minimum Gasteiger partial charge on any atom is -0.310 e.